The Morgan fingerprint density at radius 3 is 2.90 bits per heavy atom. The number of hydrogen-bond donors (Lipinski definition) is 1. The Morgan fingerprint density at radius 2 is 2.29 bits per heavy atom. The van der Waals surface area contributed by atoms with Crippen molar-refractivity contribution in [3.05, 3.63) is 28.1 Å². The predicted octanol–water partition coefficient (Wildman–Crippen LogP) is 2.10. The van der Waals surface area contributed by atoms with Crippen LogP contribution in [-0.4, -0.2) is 36.9 Å². The largest absolute Gasteiger partial charge is 0.347 e. The molecule has 1 amide bonds. The van der Waals surface area contributed by atoms with Crippen LogP contribution in [0.4, 0.5) is 0 Å². The van der Waals surface area contributed by atoms with Gasteiger partial charge in [0.2, 0.25) is 0 Å². The number of sulfone groups is 1. The fourth-order valence-electron chi connectivity index (χ4n) is 2.27. The average molecular weight is 342 g/mol. The van der Waals surface area contributed by atoms with E-state index in [1.807, 2.05) is 17.5 Å². The highest BCUT2D eigenvalue weighted by atomic mass is 32.2. The van der Waals surface area contributed by atoms with E-state index in [4.69, 9.17) is 0 Å². The third kappa shape index (κ3) is 3.17. The Kier molecular flexibility index (Phi) is 3.85. The Balaban J connectivity index is 1.76. The van der Waals surface area contributed by atoms with Gasteiger partial charge in [-0.2, -0.15) is 0 Å². The van der Waals surface area contributed by atoms with Crippen LogP contribution >= 0.6 is 22.7 Å². The van der Waals surface area contributed by atoms with Gasteiger partial charge in [0.15, 0.2) is 9.84 Å². The number of aryl methyl sites for hydroxylation is 1. The molecule has 1 fully saturated rings. The molecule has 2 aromatic rings. The molecule has 1 atom stereocenters. The lowest BCUT2D eigenvalue weighted by Crippen LogP contribution is -2.35. The van der Waals surface area contributed by atoms with Crippen LogP contribution in [0.15, 0.2) is 17.5 Å². The minimum Gasteiger partial charge on any atom is -0.347 e. The Bertz CT molecular complexity index is 763. The molecule has 0 unspecified atom stereocenters. The molecule has 0 aromatic carbocycles. The van der Waals surface area contributed by atoms with E-state index in [0.29, 0.717) is 17.0 Å². The second-order valence-corrected chi connectivity index (χ2v) is 9.16. The maximum atomic E-state index is 12.3. The first-order valence-electron chi connectivity index (χ1n) is 6.47. The molecule has 2 aromatic heterocycles. The average Bonchev–Trinajstić information content (AvgIpc) is 3.09. The molecule has 8 heteroatoms. The number of carbonyl (C=O) groups is 1. The summed E-state index contributed by atoms with van der Waals surface area (Å²) in [6.07, 6.45) is 0.490. The minimum atomic E-state index is -2.99. The first-order chi connectivity index (χ1) is 9.94. The normalized spacial score (nSPS) is 20.5. The maximum Gasteiger partial charge on any atom is 0.263 e. The third-order valence-corrected chi connectivity index (χ3v) is 7.27. The lowest BCUT2D eigenvalue weighted by Gasteiger charge is -2.09. The number of nitrogens with one attached hydrogen (secondary N) is 1. The van der Waals surface area contributed by atoms with Crippen molar-refractivity contribution in [2.24, 2.45) is 0 Å². The zero-order chi connectivity index (χ0) is 15.0. The van der Waals surface area contributed by atoms with E-state index >= 15 is 0 Å². The van der Waals surface area contributed by atoms with Crippen LogP contribution in [0.25, 0.3) is 9.88 Å². The first kappa shape index (κ1) is 14.7. The van der Waals surface area contributed by atoms with Gasteiger partial charge in [-0.05, 0) is 24.8 Å². The Labute approximate surface area is 131 Å². The summed E-state index contributed by atoms with van der Waals surface area (Å²) in [4.78, 5) is 18.3. The molecule has 0 spiro atoms. The molecule has 112 valence electrons. The summed E-state index contributed by atoms with van der Waals surface area (Å²) in [5.74, 6) is -0.0380. The monoisotopic (exact) mass is 342 g/mol. The Hall–Kier alpha value is -1.25. The number of rotatable bonds is 3. The number of thiophene rings is 1. The molecule has 0 aliphatic carbocycles. The molecule has 0 radical (unpaired) electrons. The van der Waals surface area contributed by atoms with E-state index < -0.39 is 9.84 Å². The maximum absolute atomic E-state index is 12.3. The highest BCUT2D eigenvalue weighted by molar-refractivity contribution is 7.91. The van der Waals surface area contributed by atoms with Crippen molar-refractivity contribution in [3.63, 3.8) is 0 Å². The van der Waals surface area contributed by atoms with Crippen molar-refractivity contribution in [3.8, 4) is 9.88 Å². The third-order valence-electron chi connectivity index (χ3n) is 3.30. The molecule has 0 saturated carbocycles. The van der Waals surface area contributed by atoms with Gasteiger partial charge in [0.25, 0.3) is 5.91 Å². The van der Waals surface area contributed by atoms with Gasteiger partial charge < -0.3 is 5.32 Å². The van der Waals surface area contributed by atoms with Gasteiger partial charge in [0.1, 0.15) is 9.88 Å². The number of nitrogens with zero attached hydrogens (tertiary/aromatic N) is 1. The summed E-state index contributed by atoms with van der Waals surface area (Å²) in [5, 5.41) is 5.60. The van der Waals surface area contributed by atoms with E-state index in [1.54, 1.807) is 18.3 Å². The first-order valence-corrected chi connectivity index (χ1v) is 9.99. The lowest BCUT2D eigenvalue weighted by atomic mass is 10.2. The molecule has 1 N–H and O–H groups in total. The fraction of sp³-hybridized carbons (Fsp3) is 0.385. The molecule has 3 rings (SSSR count). The van der Waals surface area contributed by atoms with Crippen molar-refractivity contribution < 1.29 is 13.2 Å². The Morgan fingerprint density at radius 1 is 1.48 bits per heavy atom. The van der Waals surface area contributed by atoms with Crippen LogP contribution in [0, 0.1) is 6.92 Å². The van der Waals surface area contributed by atoms with Gasteiger partial charge >= 0.3 is 0 Å². The summed E-state index contributed by atoms with van der Waals surface area (Å²) in [7, 11) is -2.99. The van der Waals surface area contributed by atoms with Gasteiger partial charge in [-0.25, -0.2) is 13.4 Å². The van der Waals surface area contributed by atoms with Crippen LogP contribution in [0.5, 0.6) is 0 Å². The van der Waals surface area contributed by atoms with Gasteiger partial charge in [-0.3, -0.25) is 4.79 Å². The summed E-state index contributed by atoms with van der Waals surface area (Å²) in [6, 6.07) is 3.63. The quantitative estimate of drug-likeness (QED) is 0.927. The van der Waals surface area contributed by atoms with Crippen molar-refractivity contribution in [1.82, 2.24) is 10.3 Å². The smallest absolute Gasteiger partial charge is 0.263 e. The lowest BCUT2D eigenvalue weighted by molar-refractivity contribution is 0.0944. The molecule has 1 saturated heterocycles. The van der Waals surface area contributed by atoms with E-state index in [-0.39, 0.29) is 23.5 Å². The summed E-state index contributed by atoms with van der Waals surface area (Å²) < 4.78 is 22.9. The second kappa shape index (κ2) is 5.51. The number of aromatic nitrogens is 1. The number of thiazole rings is 1. The van der Waals surface area contributed by atoms with Crippen LogP contribution in [-0.2, 0) is 9.84 Å². The SMILES string of the molecule is Cc1nc(-c2cccs2)sc1C(=O)N[C@H]1CCS(=O)(=O)C1. The summed E-state index contributed by atoms with van der Waals surface area (Å²) >= 11 is 2.93. The molecule has 1 aliphatic rings. The summed E-state index contributed by atoms with van der Waals surface area (Å²) in [5.41, 5.74) is 0.682. The van der Waals surface area contributed by atoms with Crippen LogP contribution in [0.2, 0.25) is 0 Å². The van der Waals surface area contributed by atoms with Gasteiger partial charge in [0, 0.05) is 6.04 Å². The molecule has 1 aliphatic heterocycles. The van der Waals surface area contributed by atoms with Crippen LogP contribution in [0.1, 0.15) is 21.8 Å². The number of hydrogen-bond acceptors (Lipinski definition) is 6. The van der Waals surface area contributed by atoms with Crippen molar-refractivity contribution in [1.29, 1.82) is 0 Å². The predicted molar refractivity (Wildman–Crippen MR) is 84.7 cm³/mol. The minimum absolute atomic E-state index is 0.0361. The van der Waals surface area contributed by atoms with Crippen molar-refractivity contribution in [2.75, 3.05) is 11.5 Å². The van der Waals surface area contributed by atoms with Crippen LogP contribution < -0.4 is 5.32 Å². The molecule has 21 heavy (non-hydrogen) atoms. The van der Waals surface area contributed by atoms with Crippen LogP contribution in [0.3, 0.4) is 0 Å². The molecule has 5 nitrogen and oxygen atoms in total. The molecular formula is C13H14N2O3S3. The highest BCUT2D eigenvalue weighted by Gasteiger charge is 2.30. The molecular weight excluding hydrogens is 328 g/mol. The molecule has 0 bridgehead atoms. The second-order valence-electron chi connectivity index (χ2n) is 4.98. The summed E-state index contributed by atoms with van der Waals surface area (Å²) in [6.45, 7) is 1.80. The molecule has 3 heterocycles. The van der Waals surface area contributed by atoms with E-state index in [0.717, 1.165) is 9.88 Å². The van der Waals surface area contributed by atoms with Crippen molar-refractivity contribution in [2.45, 2.75) is 19.4 Å². The van der Waals surface area contributed by atoms with Gasteiger partial charge in [-0.15, -0.1) is 22.7 Å². The van der Waals surface area contributed by atoms with E-state index in [1.165, 1.54) is 11.3 Å². The van der Waals surface area contributed by atoms with Gasteiger partial charge in [-0.1, -0.05) is 6.07 Å². The van der Waals surface area contributed by atoms with E-state index in [9.17, 15) is 13.2 Å². The van der Waals surface area contributed by atoms with E-state index in [2.05, 4.69) is 10.3 Å². The highest BCUT2D eigenvalue weighted by Crippen LogP contribution is 2.31. The zero-order valence-electron chi connectivity index (χ0n) is 11.3. The fourth-order valence-corrected chi connectivity index (χ4v) is 5.71. The van der Waals surface area contributed by atoms with Gasteiger partial charge in [0.05, 0.1) is 22.1 Å². The number of amides is 1. The standard InChI is InChI=1S/C13H14N2O3S3/c1-8-11(20-13(14-8)10-3-2-5-19-10)12(16)15-9-4-6-21(17,18)7-9/h2-3,5,9H,4,6-7H2,1H3,(H,15,16)/t9-/m0/s1. The number of carbonyl (C=O) groups excluding carboxylic acids is 1. The zero-order valence-corrected chi connectivity index (χ0v) is 13.8. The van der Waals surface area contributed by atoms with Crippen molar-refractivity contribution >= 4 is 38.4 Å². The topological polar surface area (TPSA) is 76.1 Å².